The van der Waals surface area contributed by atoms with E-state index in [1.54, 1.807) is 0 Å². The monoisotopic (exact) mass is 154 g/mol. The molecule has 2 fully saturated rings. The molecule has 2 nitrogen and oxygen atoms in total. The molecule has 1 heterocycles. The van der Waals surface area contributed by atoms with Crippen molar-refractivity contribution >= 4 is 0 Å². The topological polar surface area (TPSA) is 38.0 Å². The van der Waals surface area contributed by atoms with Crippen molar-refractivity contribution in [3.63, 3.8) is 0 Å². The lowest BCUT2D eigenvalue weighted by atomic mass is 9.54. The molecule has 0 bridgehead atoms. The Morgan fingerprint density at radius 1 is 1.45 bits per heavy atom. The third-order valence-electron chi connectivity index (χ3n) is 3.63. The van der Waals surface area contributed by atoms with Crippen LogP contribution in [0.2, 0.25) is 0 Å². The third-order valence-corrected chi connectivity index (χ3v) is 3.63. The van der Waals surface area contributed by atoms with Gasteiger partial charge >= 0.3 is 0 Å². The Morgan fingerprint density at radius 3 is 2.82 bits per heavy atom. The molecule has 1 saturated heterocycles. The van der Waals surface area contributed by atoms with E-state index in [4.69, 9.17) is 5.73 Å². The molecule has 11 heavy (non-hydrogen) atoms. The van der Waals surface area contributed by atoms with Gasteiger partial charge in [-0.25, -0.2) is 0 Å². The van der Waals surface area contributed by atoms with E-state index < -0.39 is 0 Å². The Morgan fingerprint density at radius 2 is 2.18 bits per heavy atom. The van der Waals surface area contributed by atoms with E-state index in [0.717, 1.165) is 5.92 Å². The van der Waals surface area contributed by atoms with Crippen molar-refractivity contribution in [1.29, 1.82) is 0 Å². The number of fused-ring (bicyclic) bond motifs is 1. The van der Waals surface area contributed by atoms with Gasteiger partial charge in [-0.05, 0) is 30.7 Å². The lowest BCUT2D eigenvalue weighted by molar-refractivity contribution is -0.0270. The first-order valence-electron chi connectivity index (χ1n) is 4.63. The van der Waals surface area contributed by atoms with Gasteiger partial charge < -0.3 is 11.1 Å². The van der Waals surface area contributed by atoms with Crippen LogP contribution >= 0.6 is 0 Å². The van der Waals surface area contributed by atoms with Gasteiger partial charge in [0, 0.05) is 12.1 Å². The highest BCUT2D eigenvalue weighted by Crippen LogP contribution is 2.47. The molecule has 0 radical (unpaired) electrons. The Hall–Kier alpha value is -0.0800. The minimum absolute atomic E-state index is 0.338. The second kappa shape index (κ2) is 2.20. The van der Waals surface area contributed by atoms with Crippen molar-refractivity contribution < 1.29 is 0 Å². The van der Waals surface area contributed by atoms with Gasteiger partial charge in [-0.15, -0.1) is 0 Å². The molecule has 64 valence electrons. The van der Waals surface area contributed by atoms with E-state index in [2.05, 4.69) is 19.2 Å². The van der Waals surface area contributed by atoms with Crippen molar-refractivity contribution in [2.45, 2.75) is 38.8 Å². The quantitative estimate of drug-likeness (QED) is 0.539. The van der Waals surface area contributed by atoms with Gasteiger partial charge in [0.25, 0.3) is 0 Å². The van der Waals surface area contributed by atoms with Gasteiger partial charge in [0.2, 0.25) is 0 Å². The van der Waals surface area contributed by atoms with Crippen LogP contribution in [0.25, 0.3) is 0 Å². The molecule has 0 aromatic carbocycles. The van der Waals surface area contributed by atoms with Crippen LogP contribution in [0.15, 0.2) is 0 Å². The minimum atomic E-state index is 0.338. The van der Waals surface area contributed by atoms with Gasteiger partial charge in [-0.3, -0.25) is 0 Å². The molecule has 0 amide bonds. The Balaban J connectivity index is 2.09. The van der Waals surface area contributed by atoms with Crippen molar-refractivity contribution in [3.8, 4) is 0 Å². The summed E-state index contributed by atoms with van der Waals surface area (Å²) in [6.45, 7) is 5.74. The molecule has 2 rings (SSSR count). The highest BCUT2D eigenvalue weighted by Gasteiger charge is 2.54. The van der Waals surface area contributed by atoms with E-state index in [-0.39, 0.29) is 0 Å². The predicted octanol–water partition coefficient (Wildman–Crippen LogP) is 0.722. The summed E-state index contributed by atoms with van der Waals surface area (Å²) < 4.78 is 0. The summed E-state index contributed by atoms with van der Waals surface area (Å²) in [5.41, 5.74) is 6.41. The maximum Gasteiger partial charge on any atom is 0.0176 e. The number of nitrogens with two attached hydrogens (primary N) is 1. The van der Waals surface area contributed by atoms with Crippen LogP contribution in [0.5, 0.6) is 0 Å². The third kappa shape index (κ3) is 0.859. The fraction of sp³-hybridized carbons (Fsp3) is 1.00. The molecular weight excluding hydrogens is 136 g/mol. The van der Waals surface area contributed by atoms with Crippen LogP contribution in [0.3, 0.4) is 0 Å². The lowest BCUT2D eigenvalue weighted by Crippen LogP contribution is -2.72. The molecule has 2 heteroatoms. The molecule has 3 unspecified atom stereocenters. The standard InChI is InChI=1S/C9H18N2/c1-9(2)7(10)6-4-3-5-11-8(6)9/h6-8,11H,3-5,10H2,1-2H3. The number of nitrogens with one attached hydrogen (secondary N) is 1. The number of piperidine rings is 1. The van der Waals surface area contributed by atoms with Crippen LogP contribution < -0.4 is 11.1 Å². The highest BCUT2D eigenvalue weighted by atomic mass is 15.0. The number of rotatable bonds is 0. The zero-order valence-electron chi connectivity index (χ0n) is 7.43. The molecule has 3 atom stereocenters. The van der Waals surface area contributed by atoms with Crippen LogP contribution in [-0.2, 0) is 0 Å². The molecular formula is C9H18N2. The van der Waals surface area contributed by atoms with Crippen molar-refractivity contribution in [1.82, 2.24) is 5.32 Å². The first-order valence-corrected chi connectivity index (χ1v) is 4.63. The fourth-order valence-electron chi connectivity index (χ4n) is 2.76. The van der Waals surface area contributed by atoms with Crippen LogP contribution in [0, 0.1) is 11.3 Å². The summed E-state index contributed by atoms with van der Waals surface area (Å²) in [5.74, 6) is 0.763. The van der Waals surface area contributed by atoms with E-state index >= 15 is 0 Å². The predicted molar refractivity (Wildman–Crippen MR) is 46.3 cm³/mol. The highest BCUT2D eigenvalue weighted by molar-refractivity contribution is 5.11. The largest absolute Gasteiger partial charge is 0.327 e. The Kier molecular flexibility index (Phi) is 1.52. The Labute approximate surface area is 68.5 Å². The molecule has 1 aliphatic carbocycles. The van der Waals surface area contributed by atoms with Crippen LogP contribution in [0.4, 0.5) is 0 Å². The minimum Gasteiger partial charge on any atom is -0.327 e. The molecule has 0 spiro atoms. The molecule has 1 saturated carbocycles. The van der Waals surface area contributed by atoms with Gasteiger partial charge in [-0.1, -0.05) is 13.8 Å². The van der Waals surface area contributed by atoms with E-state index in [0.29, 0.717) is 17.5 Å². The summed E-state index contributed by atoms with van der Waals surface area (Å²) in [6, 6.07) is 1.13. The molecule has 1 aliphatic heterocycles. The average molecular weight is 154 g/mol. The summed E-state index contributed by atoms with van der Waals surface area (Å²) >= 11 is 0. The SMILES string of the molecule is CC1(C)C(N)C2CCCNC21. The summed E-state index contributed by atoms with van der Waals surface area (Å²) in [4.78, 5) is 0. The first-order chi connectivity index (χ1) is 5.14. The van der Waals surface area contributed by atoms with Gasteiger partial charge in [0.15, 0.2) is 0 Å². The Bertz CT molecular complexity index is 165. The summed E-state index contributed by atoms with van der Waals surface area (Å²) in [6.07, 6.45) is 2.65. The van der Waals surface area contributed by atoms with Gasteiger partial charge in [0.05, 0.1) is 0 Å². The smallest absolute Gasteiger partial charge is 0.0176 e. The van der Waals surface area contributed by atoms with Crippen LogP contribution in [-0.4, -0.2) is 18.6 Å². The van der Waals surface area contributed by atoms with Crippen molar-refractivity contribution in [3.05, 3.63) is 0 Å². The molecule has 0 aromatic heterocycles. The van der Waals surface area contributed by atoms with Crippen molar-refractivity contribution in [2.24, 2.45) is 17.1 Å². The van der Waals surface area contributed by atoms with Gasteiger partial charge in [-0.2, -0.15) is 0 Å². The normalized spacial score (nSPS) is 47.7. The lowest BCUT2D eigenvalue weighted by Gasteiger charge is -2.59. The number of hydrogen-bond donors (Lipinski definition) is 2. The fourth-order valence-corrected chi connectivity index (χ4v) is 2.76. The summed E-state index contributed by atoms with van der Waals surface area (Å²) in [7, 11) is 0. The maximum atomic E-state index is 6.07. The van der Waals surface area contributed by atoms with E-state index in [1.165, 1.54) is 19.4 Å². The second-order valence-corrected chi connectivity index (χ2v) is 4.59. The van der Waals surface area contributed by atoms with Gasteiger partial charge in [0.1, 0.15) is 0 Å². The zero-order valence-corrected chi connectivity index (χ0v) is 7.43. The van der Waals surface area contributed by atoms with Crippen molar-refractivity contribution in [2.75, 3.05) is 6.54 Å². The van der Waals surface area contributed by atoms with E-state index in [1.807, 2.05) is 0 Å². The number of hydrogen-bond acceptors (Lipinski definition) is 2. The second-order valence-electron chi connectivity index (χ2n) is 4.59. The molecule has 3 N–H and O–H groups in total. The molecule has 0 aromatic rings. The maximum absolute atomic E-state index is 6.07. The zero-order chi connectivity index (χ0) is 8.06. The summed E-state index contributed by atoms with van der Waals surface area (Å²) in [5, 5.41) is 3.56. The van der Waals surface area contributed by atoms with Crippen LogP contribution in [0.1, 0.15) is 26.7 Å². The average Bonchev–Trinajstić information content (AvgIpc) is 2.04. The van der Waals surface area contributed by atoms with E-state index in [9.17, 15) is 0 Å². The molecule has 2 aliphatic rings. The first kappa shape index (κ1) is 7.56.